The number of hydrogen-bond donors (Lipinski definition) is 0. The maximum Gasteiger partial charge on any atom is 0.192 e. The zero-order valence-corrected chi connectivity index (χ0v) is 17.3. The van der Waals surface area contributed by atoms with E-state index in [9.17, 15) is 0 Å². The van der Waals surface area contributed by atoms with E-state index < -0.39 is 8.32 Å². The molecule has 0 saturated heterocycles. The van der Waals surface area contributed by atoms with Crippen molar-refractivity contribution in [3.63, 3.8) is 0 Å². The molecule has 0 amide bonds. The van der Waals surface area contributed by atoms with Crippen molar-refractivity contribution in [3.8, 4) is 5.75 Å². The van der Waals surface area contributed by atoms with E-state index in [1.807, 2.05) is 24.3 Å². The average Bonchev–Trinajstić information content (AvgIpc) is 2.55. The monoisotopic (exact) mass is 365 g/mol. The van der Waals surface area contributed by atoms with Crippen LogP contribution in [-0.2, 0) is 15.8 Å². The largest absolute Gasteiger partial charge is 0.497 e. The van der Waals surface area contributed by atoms with Gasteiger partial charge in [-0.25, -0.2) is 0 Å². The topological polar surface area (TPSA) is 76.5 Å². The van der Waals surface area contributed by atoms with Crippen LogP contribution in [0.2, 0.25) is 18.1 Å². The second kappa shape index (κ2) is 9.82. The van der Waals surface area contributed by atoms with Crippen molar-refractivity contribution in [2.24, 2.45) is 5.11 Å². The summed E-state index contributed by atoms with van der Waals surface area (Å²) in [6.45, 7) is 12.4. The second-order valence-corrected chi connectivity index (χ2v) is 12.4. The molecule has 1 atom stereocenters. The van der Waals surface area contributed by atoms with Crippen LogP contribution in [0, 0.1) is 0 Å². The minimum atomic E-state index is -1.91. The van der Waals surface area contributed by atoms with Gasteiger partial charge in [-0.05, 0) is 47.8 Å². The Labute approximate surface area is 152 Å². The van der Waals surface area contributed by atoms with Crippen molar-refractivity contribution >= 4 is 8.32 Å². The molecule has 0 aromatic heterocycles. The van der Waals surface area contributed by atoms with Gasteiger partial charge in [0, 0.05) is 11.5 Å². The molecule has 0 spiro atoms. The minimum absolute atomic E-state index is 0.104. The fourth-order valence-electron chi connectivity index (χ4n) is 2.04. The Morgan fingerprint density at radius 3 is 2.36 bits per heavy atom. The number of methoxy groups -OCH3 is 1. The SMILES string of the molecule is COc1ccc(COCC[C@H](CN=[N+]=[N-])O[Si](C)(C)C(C)(C)C)cc1. The van der Waals surface area contributed by atoms with Crippen LogP contribution in [0.4, 0.5) is 0 Å². The van der Waals surface area contributed by atoms with Crippen LogP contribution in [-0.4, -0.2) is 34.7 Å². The van der Waals surface area contributed by atoms with E-state index in [4.69, 9.17) is 19.4 Å². The van der Waals surface area contributed by atoms with Gasteiger partial charge in [-0.2, -0.15) is 0 Å². The van der Waals surface area contributed by atoms with Crippen LogP contribution in [0.25, 0.3) is 10.4 Å². The molecule has 0 aliphatic rings. The molecule has 0 aliphatic carbocycles. The fraction of sp³-hybridized carbons (Fsp3) is 0.667. The third-order valence-corrected chi connectivity index (χ3v) is 9.16. The van der Waals surface area contributed by atoms with Gasteiger partial charge in [-0.15, -0.1) is 0 Å². The minimum Gasteiger partial charge on any atom is -0.497 e. The molecule has 0 heterocycles. The highest BCUT2D eigenvalue weighted by atomic mass is 28.4. The first-order valence-corrected chi connectivity index (χ1v) is 11.5. The summed E-state index contributed by atoms with van der Waals surface area (Å²) >= 11 is 0. The van der Waals surface area contributed by atoms with Crippen molar-refractivity contribution in [1.82, 2.24) is 0 Å². The molecule has 140 valence electrons. The van der Waals surface area contributed by atoms with E-state index >= 15 is 0 Å². The van der Waals surface area contributed by atoms with Crippen molar-refractivity contribution in [1.29, 1.82) is 0 Å². The van der Waals surface area contributed by atoms with Gasteiger partial charge in [-0.1, -0.05) is 38.0 Å². The molecule has 0 N–H and O–H groups in total. The van der Waals surface area contributed by atoms with Gasteiger partial charge in [0.2, 0.25) is 0 Å². The summed E-state index contributed by atoms with van der Waals surface area (Å²) < 4.78 is 17.3. The first-order chi connectivity index (χ1) is 11.7. The quantitative estimate of drug-likeness (QED) is 0.185. The van der Waals surface area contributed by atoms with Gasteiger partial charge in [0.05, 0.1) is 26.4 Å². The van der Waals surface area contributed by atoms with Gasteiger partial charge < -0.3 is 13.9 Å². The van der Waals surface area contributed by atoms with Crippen LogP contribution in [0.15, 0.2) is 29.4 Å². The highest BCUT2D eigenvalue weighted by Gasteiger charge is 2.38. The third-order valence-electron chi connectivity index (χ3n) is 4.63. The van der Waals surface area contributed by atoms with E-state index in [0.717, 1.165) is 11.3 Å². The Balaban J connectivity index is 2.50. The molecule has 1 rings (SSSR count). The third kappa shape index (κ3) is 7.48. The molecule has 7 heteroatoms. The van der Waals surface area contributed by atoms with Gasteiger partial charge in [-0.3, -0.25) is 0 Å². The molecule has 1 aromatic rings. The lowest BCUT2D eigenvalue weighted by Gasteiger charge is -2.39. The molecule has 25 heavy (non-hydrogen) atoms. The molecule has 0 fully saturated rings. The number of hydrogen-bond acceptors (Lipinski definition) is 4. The summed E-state index contributed by atoms with van der Waals surface area (Å²) in [6, 6.07) is 7.82. The standard InChI is InChI=1S/C18H31N3O3Si/c1-18(2,3)25(5,6)24-17(13-20-21-19)11-12-23-14-15-7-9-16(22-4)10-8-15/h7-10,17H,11-14H2,1-6H3/t17-/m1/s1. The summed E-state index contributed by atoms with van der Waals surface area (Å²) in [5, 5.41) is 3.82. The zero-order valence-electron chi connectivity index (χ0n) is 16.3. The number of nitrogens with zero attached hydrogens (tertiary/aromatic N) is 3. The van der Waals surface area contributed by atoms with Gasteiger partial charge in [0.25, 0.3) is 0 Å². The Kier molecular flexibility index (Phi) is 8.45. The van der Waals surface area contributed by atoms with Crippen molar-refractivity contribution in [2.45, 2.75) is 58.0 Å². The van der Waals surface area contributed by atoms with Crippen LogP contribution >= 0.6 is 0 Å². The summed E-state index contributed by atoms with van der Waals surface area (Å²) in [5.74, 6) is 0.834. The molecular formula is C18H31N3O3Si. The molecule has 0 unspecified atom stereocenters. The Morgan fingerprint density at radius 1 is 1.20 bits per heavy atom. The lowest BCUT2D eigenvalue weighted by Crippen LogP contribution is -2.44. The molecule has 6 nitrogen and oxygen atoms in total. The van der Waals surface area contributed by atoms with Gasteiger partial charge in [0.15, 0.2) is 8.32 Å². The van der Waals surface area contributed by atoms with E-state index in [0.29, 0.717) is 26.2 Å². The van der Waals surface area contributed by atoms with Crippen molar-refractivity contribution in [3.05, 3.63) is 40.3 Å². The molecule has 0 aliphatic heterocycles. The summed E-state index contributed by atoms with van der Waals surface area (Å²) in [4.78, 5) is 2.87. The normalized spacial score (nSPS) is 13.2. The van der Waals surface area contributed by atoms with Crippen LogP contribution in [0.3, 0.4) is 0 Å². The Bertz CT molecular complexity index is 564. The number of rotatable bonds is 10. The maximum atomic E-state index is 8.61. The highest BCUT2D eigenvalue weighted by molar-refractivity contribution is 6.74. The summed E-state index contributed by atoms with van der Waals surface area (Å²) in [5.41, 5.74) is 9.70. The first kappa shape index (κ1) is 21.5. The number of benzene rings is 1. The molecular weight excluding hydrogens is 334 g/mol. The van der Waals surface area contributed by atoms with Crippen molar-refractivity contribution in [2.75, 3.05) is 20.3 Å². The highest BCUT2D eigenvalue weighted by Crippen LogP contribution is 2.37. The zero-order chi connectivity index (χ0) is 18.9. The van der Waals surface area contributed by atoms with E-state index in [2.05, 4.69) is 43.9 Å². The second-order valence-electron chi connectivity index (χ2n) is 7.60. The number of ether oxygens (including phenoxy) is 2. The molecule has 0 radical (unpaired) electrons. The van der Waals surface area contributed by atoms with Gasteiger partial charge >= 0.3 is 0 Å². The number of azide groups is 1. The van der Waals surface area contributed by atoms with Gasteiger partial charge in [0.1, 0.15) is 5.75 Å². The Morgan fingerprint density at radius 2 is 1.84 bits per heavy atom. The van der Waals surface area contributed by atoms with E-state index in [1.165, 1.54) is 0 Å². The lowest BCUT2D eigenvalue weighted by molar-refractivity contribution is 0.0801. The van der Waals surface area contributed by atoms with Crippen LogP contribution in [0.1, 0.15) is 32.8 Å². The molecule has 0 bridgehead atoms. The molecule has 0 saturated carbocycles. The average molecular weight is 366 g/mol. The van der Waals surface area contributed by atoms with Crippen LogP contribution < -0.4 is 4.74 Å². The summed E-state index contributed by atoms with van der Waals surface area (Å²) in [6.07, 6.45) is 0.606. The van der Waals surface area contributed by atoms with Crippen molar-refractivity contribution < 1.29 is 13.9 Å². The van der Waals surface area contributed by atoms with E-state index in [1.54, 1.807) is 7.11 Å². The predicted molar refractivity (Wildman–Crippen MR) is 103 cm³/mol. The molecule has 1 aromatic carbocycles. The summed E-state index contributed by atoms with van der Waals surface area (Å²) in [7, 11) is -0.255. The smallest absolute Gasteiger partial charge is 0.192 e. The van der Waals surface area contributed by atoms with E-state index in [-0.39, 0.29) is 11.1 Å². The lowest BCUT2D eigenvalue weighted by atomic mass is 10.2. The van der Waals surface area contributed by atoms with Crippen LogP contribution in [0.5, 0.6) is 5.75 Å². The fourth-order valence-corrected chi connectivity index (χ4v) is 3.41. The Hall–Kier alpha value is -1.53. The first-order valence-electron chi connectivity index (χ1n) is 8.59. The maximum absolute atomic E-state index is 8.61. The predicted octanol–water partition coefficient (Wildman–Crippen LogP) is 5.30.